The van der Waals surface area contributed by atoms with Crippen molar-refractivity contribution < 1.29 is 22.1 Å². The first-order valence-corrected chi connectivity index (χ1v) is 5.60. The molecule has 0 bridgehead atoms. The maximum absolute atomic E-state index is 12.3. The van der Waals surface area contributed by atoms with E-state index in [1.54, 1.807) is 20.8 Å². The Morgan fingerprint density at radius 1 is 1.33 bits per heavy atom. The Balaban J connectivity index is 4.50. The van der Waals surface area contributed by atoms with Gasteiger partial charge in [0, 0.05) is 6.61 Å². The van der Waals surface area contributed by atoms with Crippen LogP contribution in [0.1, 0.15) is 27.7 Å². The van der Waals surface area contributed by atoms with Crippen molar-refractivity contribution in [3.05, 3.63) is 0 Å². The zero-order chi connectivity index (χ0) is 12.3. The fourth-order valence-electron chi connectivity index (χ4n) is 0.636. The molecule has 1 N–H and O–H groups in total. The third kappa shape index (κ3) is 5.48. The zero-order valence-electron chi connectivity index (χ0n) is 9.14. The molecule has 0 aliphatic heterocycles. The van der Waals surface area contributed by atoms with Gasteiger partial charge in [-0.1, -0.05) is 0 Å². The normalized spacial score (nSPS) is 17.5. The second kappa shape index (κ2) is 5.27. The number of ether oxygens (including phenoxy) is 1. The fourth-order valence-corrected chi connectivity index (χ4v) is 1.39. The predicted molar refractivity (Wildman–Crippen MR) is 52.5 cm³/mol. The highest BCUT2D eigenvalue weighted by atomic mass is 32.2. The van der Waals surface area contributed by atoms with Gasteiger partial charge in [0.15, 0.2) is 0 Å². The SMILES string of the molecule is CCO[C@H](N[S@@](=O)C(C)(C)C)C(F)(F)F. The average molecular weight is 247 g/mol. The van der Waals surface area contributed by atoms with Crippen LogP contribution in [-0.2, 0) is 15.7 Å². The molecule has 0 aliphatic carbocycles. The Bertz CT molecular complexity index is 225. The quantitative estimate of drug-likeness (QED) is 0.771. The summed E-state index contributed by atoms with van der Waals surface area (Å²) in [6.45, 7) is 6.08. The van der Waals surface area contributed by atoms with Crippen LogP contribution >= 0.6 is 0 Å². The molecule has 0 aliphatic rings. The van der Waals surface area contributed by atoms with Crippen LogP contribution in [-0.4, -0.2) is 28.0 Å². The summed E-state index contributed by atoms with van der Waals surface area (Å²) in [5.41, 5.74) is 0. The van der Waals surface area contributed by atoms with Gasteiger partial charge in [-0.3, -0.25) is 0 Å². The molecule has 0 saturated heterocycles. The monoisotopic (exact) mass is 247 g/mol. The number of rotatable bonds is 4. The highest BCUT2D eigenvalue weighted by molar-refractivity contribution is 7.84. The summed E-state index contributed by atoms with van der Waals surface area (Å²) in [5, 5.41) is 0. The van der Waals surface area contributed by atoms with Crippen LogP contribution in [0.2, 0.25) is 0 Å². The highest BCUT2D eigenvalue weighted by Crippen LogP contribution is 2.22. The van der Waals surface area contributed by atoms with E-state index in [1.807, 2.05) is 4.72 Å². The topological polar surface area (TPSA) is 38.3 Å². The van der Waals surface area contributed by atoms with E-state index in [2.05, 4.69) is 4.74 Å². The van der Waals surface area contributed by atoms with E-state index in [9.17, 15) is 17.4 Å². The minimum Gasteiger partial charge on any atom is -0.354 e. The first-order chi connectivity index (χ1) is 6.59. The van der Waals surface area contributed by atoms with E-state index in [0.29, 0.717) is 0 Å². The number of halogens is 3. The van der Waals surface area contributed by atoms with Crippen LogP contribution in [0, 0.1) is 0 Å². The second-order valence-corrected chi connectivity index (χ2v) is 5.87. The zero-order valence-corrected chi connectivity index (χ0v) is 9.96. The molecule has 0 aromatic heterocycles. The van der Waals surface area contributed by atoms with E-state index < -0.39 is 28.1 Å². The molecule has 0 heterocycles. The van der Waals surface area contributed by atoms with Gasteiger partial charge < -0.3 is 4.74 Å². The molecule has 0 fully saturated rings. The molecule has 0 saturated carbocycles. The molecule has 3 nitrogen and oxygen atoms in total. The molecule has 0 amide bonds. The lowest BCUT2D eigenvalue weighted by atomic mass is 10.3. The van der Waals surface area contributed by atoms with Gasteiger partial charge in [-0.2, -0.15) is 13.2 Å². The van der Waals surface area contributed by atoms with Gasteiger partial charge >= 0.3 is 6.18 Å². The van der Waals surface area contributed by atoms with Gasteiger partial charge in [-0.25, -0.2) is 8.93 Å². The van der Waals surface area contributed by atoms with Gasteiger partial charge in [-0.15, -0.1) is 0 Å². The molecule has 2 atom stereocenters. The van der Waals surface area contributed by atoms with E-state index in [4.69, 9.17) is 0 Å². The fraction of sp³-hybridized carbons (Fsp3) is 1.00. The molecule has 15 heavy (non-hydrogen) atoms. The van der Waals surface area contributed by atoms with Crippen LogP contribution in [0.25, 0.3) is 0 Å². The Labute approximate surface area is 90.0 Å². The lowest BCUT2D eigenvalue weighted by Crippen LogP contribution is -2.49. The van der Waals surface area contributed by atoms with Crippen LogP contribution in [0.15, 0.2) is 0 Å². The first-order valence-electron chi connectivity index (χ1n) is 4.45. The molecule has 7 heteroatoms. The van der Waals surface area contributed by atoms with Gasteiger partial charge in [-0.05, 0) is 27.7 Å². The minimum absolute atomic E-state index is 0.0987. The van der Waals surface area contributed by atoms with Crippen molar-refractivity contribution in [2.75, 3.05) is 6.61 Å². The number of alkyl halides is 3. The second-order valence-electron chi connectivity index (χ2n) is 3.88. The van der Waals surface area contributed by atoms with E-state index in [1.165, 1.54) is 6.92 Å². The van der Waals surface area contributed by atoms with Gasteiger partial charge in [0.1, 0.15) is 0 Å². The van der Waals surface area contributed by atoms with Crippen LogP contribution in [0.4, 0.5) is 13.2 Å². The minimum atomic E-state index is -4.56. The number of hydrogen-bond donors (Lipinski definition) is 1. The van der Waals surface area contributed by atoms with Crippen molar-refractivity contribution in [3.8, 4) is 0 Å². The standard InChI is InChI=1S/C8H16F3NO2S/c1-5-14-6(8(9,10)11)12-15(13)7(2,3)4/h6,12H,5H2,1-4H3/t6-,15-/m0/s1. The lowest BCUT2D eigenvalue weighted by molar-refractivity contribution is -0.222. The Morgan fingerprint density at radius 3 is 2.07 bits per heavy atom. The van der Waals surface area contributed by atoms with Gasteiger partial charge in [0.05, 0.1) is 15.7 Å². The largest absolute Gasteiger partial charge is 0.429 e. The molecule has 0 radical (unpaired) electrons. The smallest absolute Gasteiger partial charge is 0.354 e. The van der Waals surface area contributed by atoms with Crippen LogP contribution in [0.5, 0.6) is 0 Å². The van der Waals surface area contributed by atoms with Gasteiger partial charge in [0.25, 0.3) is 0 Å². The maximum atomic E-state index is 12.3. The molecular formula is C8H16F3NO2S. The predicted octanol–water partition coefficient (Wildman–Crippen LogP) is 1.96. The van der Waals surface area contributed by atoms with Crippen molar-refractivity contribution in [1.82, 2.24) is 4.72 Å². The molecule has 0 unspecified atom stereocenters. The summed E-state index contributed by atoms with van der Waals surface area (Å²) in [4.78, 5) is 0. The van der Waals surface area contributed by atoms with Crippen molar-refractivity contribution in [3.63, 3.8) is 0 Å². The summed E-state index contributed by atoms with van der Waals surface area (Å²) in [6.07, 6.45) is -6.74. The average Bonchev–Trinajstić information content (AvgIpc) is 1.99. The molecule has 0 spiro atoms. The van der Waals surface area contributed by atoms with E-state index >= 15 is 0 Å². The number of hydrogen-bond acceptors (Lipinski definition) is 2. The molecular weight excluding hydrogens is 231 g/mol. The van der Waals surface area contributed by atoms with Crippen molar-refractivity contribution in [2.24, 2.45) is 0 Å². The van der Waals surface area contributed by atoms with Crippen molar-refractivity contribution >= 4 is 11.0 Å². The summed E-state index contributed by atoms with van der Waals surface area (Å²) in [5.74, 6) is 0. The van der Waals surface area contributed by atoms with Crippen molar-refractivity contribution in [2.45, 2.75) is 44.8 Å². The van der Waals surface area contributed by atoms with Crippen LogP contribution in [0.3, 0.4) is 0 Å². The highest BCUT2D eigenvalue weighted by Gasteiger charge is 2.42. The third-order valence-electron chi connectivity index (χ3n) is 1.40. The first kappa shape index (κ1) is 14.9. The third-order valence-corrected chi connectivity index (χ3v) is 2.94. The summed E-state index contributed by atoms with van der Waals surface area (Å²) < 4.78 is 54.0. The molecule has 0 rings (SSSR count). The van der Waals surface area contributed by atoms with Gasteiger partial charge in [0.2, 0.25) is 6.23 Å². The van der Waals surface area contributed by atoms with E-state index in [-0.39, 0.29) is 6.61 Å². The Hall–Kier alpha value is -0.140. The molecule has 0 aromatic carbocycles. The summed E-state index contributed by atoms with van der Waals surface area (Å²) in [6, 6.07) is 0. The Morgan fingerprint density at radius 2 is 1.80 bits per heavy atom. The molecule has 92 valence electrons. The molecule has 0 aromatic rings. The summed E-state index contributed by atoms with van der Waals surface area (Å²) >= 11 is 0. The summed E-state index contributed by atoms with van der Waals surface area (Å²) in [7, 11) is -1.81. The van der Waals surface area contributed by atoms with E-state index in [0.717, 1.165) is 0 Å². The van der Waals surface area contributed by atoms with Crippen LogP contribution < -0.4 is 4.72 Å². The maximum Gasteiger partial charge on any atom is 0.429 e. The number of nitrogens with one attached hydrogen (secondary N) is 1. The van der Waals surface area contributed by atoms with Crippen molar-refractivity contribution in [1.29, 1.82) is 0 Å². The lowest BCUT2D eigenvalue weighted by Gasteiger charge is -2.25. The Kier molecular flexibility index (Phi) is 5.22.